The van der Waals surface area contributed by atoms with E-state index in [2.05, 4.69) is 5.32 Å². The number of aldehydes is 1. The third-order valence-electron chi connectivity index (χ3n) is 5.33. The zero-order chi connectivity index (χ0) is 21.3. The Balaban J connectivity index is 1.57. The van der Waals surface area contributed by atoms with E-state index in [0.717, 1.165) is 9.87 Å². The minimum Gasteiger partial charge on any atom is -0.486 e. The van der Waals surface area contributed by atoms with Crippen molar-refractivity contribution in [2.24, 2.45) is 0 Å². The van der Waals surface area contributed by atoms with Gasteiger partial charge in [0.2, 0.25) is 15.9 Å². The van der Waals surface area contributed by atoms with E-state index in [-0.39, 0.29) is 11.3 Å². The van der Waals surface area contributed by atoms with E-state index in [9.17, 15) is 18.0 Å². The van der Waals surface area contributed by atoms with E-state index in [0.29, 0.717) is 43.0 Å². The highest BCUT2D eigenvalue weighted by molar-refractivity contribution is 7.89. The summed E-state index contributed by atoms with van der Waals surface area (Å²) in [5.41, 5.74) is 1.39. The molecule has 30 heavy (non-hydrogen) atoms. The average Bonchev–Trinajstić information content (AvgIpc) is 2.75. The summed E-state index contributed by atoms with van der Waals surface area (Å²) in [6.45, 7) is 0.726. The standard InChI is InChI=1S/C21H22N2O6S/c1-23-17(21(25)22-16(13-24)9-14-5-3-2-4-6-14)10-15-11-18-19(29-8-7-28-18)12-20(15)30(23,26)27/h2-6,11-13,16-17H,7-10H2,1H3,(H,22,25)/t16-,17?/m0/s1. The Hall–Kier alpha value is -2.91. The zero-order valence-electron chi connectivity index (χ0n) is 16.4. The lowest BCUT2D eigenvalue weighted by molar-refractivity contribution is -0.127. The van der Waals surface area contributed by atoms with Crippen molar-refractivity contribution in [1.82, 2.24) is 9.62 Å². The number of ether oxygens (including phenoxy) is 2. The number of sulfonamides is 1. The van der Waals surface area contributed by atoms with Gasteiger partial charge in [-0.25, -0.2) is 8.42 Å². The molecule has 0 fully saturated rings. The van der Waals surface area contributed by atoms with Crippen LogP contribution in [0.15, 0.2) is 47.4 Å². The summed E-state index contributed by atoms with van der Waals surface area (Å²) in [6.07, 6.45) is 1.16. The summed E-state index contributed by atoms with van der Waals surface area (Å²) in [6, 6.07) is 10.6. The Morgan fingerprint density at radius 3 is 2.53 bits per heavy atom. The summed E-state index contributed by atoms with van der Waals surface area (Å²) in [5, 5.41) is 2.68. The van der Waals surface area contributed by atoms with Crippen molar-refractivity contribution in [1.29, 1.82) is 0 Å². The average molecular weight is 430 g/mol. The molecule has 0 aromatic heterocycles. The van der Waals surface area contributed by atoms with Gasteiger partial charge in [-0.05, 0) is 30.0 Å². The van der Waals surface area contributed by atoms with Crippen molar-refractivity contribution in [2.45, 2.75) is 29.8 Å². The van der Waals surface area contributed by atoms with Gasteiger partial charge in [0.1, 0.15) is 25.5 Å². The molecule has 9 heteroatoms. The predicted molar refractivity (Wildman–Crippen MR) is 108 cm³/mol. The van der Waals surface area contributed by atoms with E-state index in [1.807, 2.05) is 30.3 Å². The van der Waals surface area contributed by atoms with Gasteiger partial charge >= 0.3 is 0 Å². The molecule has 1 N–H and O–H groups in total. The molecule has 0 radical (unpaired) electrons. The Labute approximate surface area is 174 Å². The smallest absolute Gasteiger partial charge is 0.243 e. The highest BCUT2D eigenvalue weighted by Crippen LogP contribution is 2.39. The third-order valence-corrected chi connectivity index (χ3v) is 7.28. The number of hydrogen-bond acceptors (Lipinski definition) is 6. The van der Waals surface area contributed by atoms with Gasteiger partial charge < -0.3 is 19.6 Å². The lowest BCUT2D eigenvalue weighted by atomic mass is 10.0. The molecule has 1 amide bonds. The minimum atomic E-state index is -3.90. The molecule has 2 aliphatic heterocycles. The second-order valence-electron chi connectivity index (χ2n) is 7.29. The van der Waals surface area contributed by atoms with E-state index in [1.54, 1.807) is 6.07 Å². The van der Waals surface area contributed by atoms with Crippen LogP contribution in [0.3, 0.4) is 0 Å². The van der Waals surface area contributed by atoms with Crippen molar-refractivity contribution >= 4 is 22.2 Å². The SMILES string of the molecule is CN1C(C(=O)N[C@H](C=O)Cc2ccccc2)Cc2cc3c(cc2S1(=O)=O)OCCO3. The number of carbonyl (C=O) groups is 2. The summed E-state index contributed by atoms with van der Waals surface area (Å²) in [5.74, 6) is 0.326. The fourth-order valence-electron chi connectivity index (χ4n) is 3.71. The van der Waals surface area contributed by atoms with Crippen LogP contribution in [0.2, 0.25) is 0 Å². The van der Waals surface area contributed by atoms with Gasteiger partial charge in [-0.3, -0.25) is 4.79 Å². The first-order valence-corrected chi connectivity index (χ1v) is 11.0. The first-order valence-electron chi connectivity index (χ1n) is 9.60. The van der Waals surface area contributed by atoms with Crippen molar-refractivity contribution in [3.63, 3.8) is 0 Å². The summed E-state index contributed by atoms with van der Waals surface area (Å²) >= 11 is 0. The van der Waals surface area contributed by atoms with Crippen LogP contribution in [-0.4, -0.2) is 57.3 Å². The molecule has 0 bridgehead atoms. The highest BCUT2D eigenvalue weighted by Gasteiger charge is 2.41. The number of benzene rings is 2. The van der Waals surface area contributed by atoms with Crippen molar-refractivity contribution < 1.29 is 27.5 Å². The van der Waals surface area contributed by atoms with Gasteiger partial charge in [0, 0.05) is 13.1 Å². The Morgan fingerprint density at radius 2 is 1.87 bits per heavy atom. The van der Waals surface area contributed by atoms with Crippen LogP contribution >= 0.6 is 0 Å². The quantitative estimate of drug-likeness (QED) is 0.708. The van der Waals surface area contributed by atoms with Crippen LogP contribution in [0.4, 0.5) is 0 Å². The summed E-state index contributed by atoms with van der Waals surface area (Å²) in [7, 11) is -2.53. The van der Waals surface area contributed by atoms with Gasteiger partial charge in [0.25, 0.3) is 0 Å². The fourth-order valence-corrected chi connectivity index (χ4v) is 5.25. The van der Waals surface area contributed by atoms with E-state index >= 15 is 0 Å². The predicted octanol–water partition coefficient (Wildman–Crippen LogP) is 0.929. The van der Waals surface area contributed by atoms with E-state index in [1.165, 1.54) is 13.1 Å². The third kappa shape index (κ3) is 3.78. The Morgan fingerprint density at radius 1 is 1.20 bits per heavy atom. The van der Waals surface area contributed by atoms with Crippen molar-refractivity contribution in [2.75, 3.05) is 20.3 Å². The van der Waals surface area contributed by atoms with E-state index < -0.39 is 28.0 Å². The lowest BCUT2D eigenvalue weighted by Crippen LogP contribution is -2.54. The number of likely N-dealkylation sites (N-methyl/N-ethyl adjacent to an activating group) is 1. The Kier molecular flexibility index (Phi) is 5.48. The maximum absolute atomic E-state index is 13.0. The van der Waals surface area contributed by atoms with Crippen LogP contribution in [-0.2, 0) is 32.5 Å². The summed E-state index contributed by atoms with van der Waals surface area (Å²) in [4.78, 5) is 24.5. The van der Waals surface area contributed by atoms with Crippen molar-refractivity contribution in [3.05, 3.63) is 53.6 Å². The first kappa shape index (κ1) is 20.4. The molecule has 0 spiro atoms. The molecule has 1 unspecified atom stereocenters. The van der Waals surface area contributed by atoms with Crippen LogP contribution in [0.5, 0.6) is 11.5 Å². The first-order chi connectivity index (χ1) is 14.4. The summed E-state index contributed by atoms with van der Waals surface area (Å²) < 4.78 is 38.1. The molecule has 0 aliphatic carbocycles. The molecule has 4 rings (SSSR count). The number of rotatable bonds is 5. The fraction of sp³-hybridized carbons (Fsp3) is 0.333. The second-order valence-corrected chi connectivity index (χ2v) is 9.25. The van der Waals surface area contributed by atoms with Gasteiger partial charge in [-0.1, -0.05) is 30.3 Å². The number of carbonyl (C=O) groups excluding carboxylic acids is 2. The monoisotopic (exact) mass is 430 g/mol. The second kappa shape index (κ2) is 8.08. The van der Waals surface area contributed by atoms with Gasteiger partial charge in [-0.15, -0.1) is 0 Å². The van der Waals surface area contributed by atoms with Gasteiger partial charge in [0.05, 0.1) is 10.9 Å². The van der Waals surface area contributed by atoms with Gasteiger partial charge in [-0.2, -0.15) is 4.31 Å². The van der Waals surface area contributed by atoms with Gasteiger partial charge in [0.15, 0.2) is 11.5 Å². The molecule has 0 saturated heterocycles. The van der Waals surface area contributed by atoms with E-state index in [4.69, 9.17) is 9.47 Å². The lowest BCUT2D eigenvalue weighted by Gasteiger charge is -2.34. The van der Waals surface area contributed by atoms with Crippen LogP contribution in [0.1, 0.15) is 11.1 Å². The number of amides is 1. The molecule has 158 valence electrons. The largest absolute Gasteiger partial charge is 0.486 e. The number of hydrogen-bond donors (Lipinski definition) is 1. The molecule has 8 nitrogen and oxygen atoms in total. The molecule has 2 heterocycles. The number of fused-ring (bicyclic) bond motifs is 2. The maximum Gasteiger partial charge on any atom is 0.243 e. The van der Waals surface area contributed by atoms with Crippen LogP contribution in [0, 0.1) is 0 Å². The molecule has 2 aromatic rings. The molecule has 2 atom stereocenters. The van der Waals surface area contributed by atoms with Crippen LogP contribution in [0.25, 0.3) is 0 Å². The molecule has 2 aliphatic rings. The van der Waals surface area contributed by atoms with Crippen LogP contribution < -0.4 is 14.8 Å². The topological polar surface area (TPSA) is 102 Å². The number of nitrogens with one attached hydrogen (secondary N) is 1. The Bertz CT molecular complexity index is 1070. The zero-order valence-corrected chi connectivity index (χ0v) is 17.2. The number of nitrogens with zero attached hydrogens (tertiary/aromatic N) is 1. The normalized spacial score (nSPS) is 20.6. The molecular weight excluding hydrogens is 408 g/mol. The minimum absolute atomic E-state index is 0.106. The highest BCUT2D eigenvalue weighted by atomic mass is 32.2. The molecular formula is C21H22N2O6S. The maximum atomic E-state index is 13.0. The molecule has 0 saturated carbocycles. The molecule has 2 aromatic carbocycles. The van der Waals surface area contributed by atoms with Crippen molar-refractivity contribution in [3.8, 4) is 11.5 Å².